The maximum Gasteiger partial charge on any atom is 0.309 e. The number of nitrogens with one attached hydrogen (secondary N) is 1. The average molecular weight is 385 g/mol. The summed E-state index contributed by atoms with van der Waals surface area (Å²) >= 11 is 0. The number of esters is 1. The summed E-state index contributed by atoms with van der Waals surface area (Å²) in [4.78, 5) is 23.9. The molecule has 0 saturated heterocycles. The third-order valence-corrected chi connectivity index (χ3v) is 4.29. The number of hydrogen-bond acceptors (Lipinski definition) is 6. The van der Waals surface area contributed by atoms with Gasteiger partial charge >= 0.3 is 5.97 Å². The maximum absolute atomic E-state index is 12.1. The van der Waals surface area contributed by atoms with Crippen LogP contribution in [0.3, 0.4) is 0 Å². The van der Waals surface area contributed by atoms with Crippen LogP contribution in [0.5, 0.6) is 17.2 Å². The Morgan fingerprint density at radius 2 is 1.86 bits per heavy atom. The molecule has 0 radical (unpaired) electrons. The molecule has 1 N–H and O–H groups in total. The zero-order valence-corrected chi connectivity index (χ0v) is 15.7. The molecular weight excluding hydrogens is 362 g/mol. The van der Waals surface area contributed by atoms with E-state index in [0.29, 0.717) is 18.8 Å². The van der Waals surface area contributed by atoms with Gasteiger partial charge in [-0.15, -0.1) is 0 Å². The van der Waals surface area contributed by atoms with Gasteiger partial charge < -0.3 is 24.3 Å². The Kier molecular flexibility index (Phi) is 6.73. The molecule has 1 amide bonds. The SMILES string of the molecule is COc1ccc(OCCC(=O)OCC(=O)NC2CCOc3ccccc32)cc1. The number of carbonyl (C=O) groups is 2. The molecule has 0 aliphatic carbocycles. The number of carbonyl (C=O) groups excluding carboxylic acids is 2. The molecule has 1 unspecified atom stereocenters. The van der Waals surface area contributed by atoms with Crippen molar-refractivity contribution in [1.82, 2.24) is 5.32 Å². The molecule has 1 heterocycles. The van der Waals surface area contributed by atoms with Crippen LogP contribution in [0.25, 0.3) is 0 Å². The van der Waals surface area contributed by atoms with Gasteiger partial charge in [-0.25, -0.2) is 0 Å². The van der Waals surface area contributed by atoms with Gasteiger partial charge in [0.05, 0.1) is 32.8 Å². The average Bonchev–Trinajstić information content (AvgIpc) is 2.73. The van der Waals surface area contributed by atoms with Crippen LogP contribution in [0, 0.1) is 0 Å². The molecule has 0 aromatic heterocycles. The highest BCUT2D eigenvalue weighted by atomic mass is 16.5. The van der Waals surface area contributed by atoms with Crippen molar-refractivity contribution in [3.8, 4) is 17.2 Å². The van der Waals surface area contributed by atoms with Crippen LogP contribution >= 0.6 is 0 Å². The Morgan fingerprint density at radius 1 is 1.11 bits per heavy atom. The molecule has 0 saturated carbocycles. The summed E-state index contributed by atoms with van der Waals surface area (Å²) in [6.45, 7) is 0.380. The van der Waals surface area contributed by atoms with E-state index < -0.39 is 5.97 Å². The Bertz CT molecular complexity index is 805. The van der Waals surface area contributed by atoms with Gasteiger partial charge in [-0.05, 0) is 30.3 Å². The van der Waals surface area contributed by atoms with Crippen LogP contribution in [0.2, 0.25) is 0 Å². The lowest BCUT2D eigenvalue weighted by atomic mass is 10.0. The van der Waals surface area contributed by atoms with Crippen LogP contribution in [-0.4, -0.2) is 38.8 Å². The minimum absolute atomic E-state index is 0.0550. The molecule has 3 rings (SSSR count). The molecule has 1 aliphatic heterocycles. The lowest BCUT2D eigenvalue weighted by molar-refractivity contribution is -0.149. The zero-order valence-electron chi connectivity index (χ0n) is 15.7. The topological polar surface area (TPSA) is 83.1 Å². The normalized spacial score (nSPS) is 15.0. The number of rotatable bonds is 8. The summed E-state index contributed by atoms with van der Waals surface area (Å²) in [5.41, 5.74) is 0.932. The van der Waals surface area contributed by atoms with Crippen molar-refractivity contribution >= 4 is 11.9 Å². The monoisotopic (exact) mass is 385 g/mol. The number of fused-ring (bicyclic) bond motifs is 1. The fraction of sp³-hybridized carbons (Fsp3) is 0.333. The highest BCUT2D eigenvalue weighted by Gasteiger charge is 2.22. The van der Waals surface area contributed by atoms with Crippen molar-refractivity contribution in [3.63, 3.8) is 0 Å². The van der Waals surface area contributed by atoms with Gasteiger partial charge in [-0.1, -0.05) is 18.2 Å². The van der Waals surface area contributed by atoms with Gasteiger partial charge in [-0.3, -0.25) is 9.59 Å². The molecule has 1 atom stereocenters. The Labute approximate surface area is 163 Å². The van der Waals surface area contributed by atoms with Crippen LogP contribution in [-0.2, 0) is 14.3 Å². The second-order valence-electron chi connectivity index (χ2n) is 6.23. The lowest BCUT2D eigenvalue weighted by Crippen LogP contribution is -2.35. The molecule has 7 heteroatoms. The van der Waals surface area contributed by atoms with Crippen molar-refractivity contribution in [3.05, 3.63) is 54.1 Å². The molecular formula is C21H23NO6. The molecule has 0 fully saturated rings. The summed E-state index contributed by atoms with van der Waals surface area (Å²) in [6.07, 6.45) is 0.728. The first-order valence-electron chi connectivity index (χ1n) is 9.09. The van der Waals surface area contributed by atoms with Crippen LogP contribution in [0.1, 0.15) is 24.4 Å². The second kappa shape index (κ2) is 9.64. The first-order valence-corrected chi connectivity index (χ1v) is 9.09. The van der Waals surface area contributed by atoms with E-state index in [-0.39, 0.29) is 31.6 Å². The van der Waals surface area contributed by atoms with Gasteiger partial charge in [0.15, 0.2) is 6.61 Å². The van der Waals surface area contributed by atoms with Crippen molar-refractivity contribution in [1.29, 1.82) is 0 Å². The largest absolute Gasteiger partial charge is 0.497 e. The third kappa shape index (κ3) is 5.39. The van der Waals surface area contributed by atoms with E-state index >= 15 is 0 Å². The molecule has 7 nitrogen and oxygen atoms in total. The number of para-hydroxylation sites is 1. The van der Waals surface area contributed by atoms with E-state index in [1.807, 2.05) is 24.3 Å². The van der Waals surface area contributed by atoms with Gasteiger partial charge in [0, 0.05) is 12.0 Å². The van der Waals surface area contributed by atoms with E-state index in [9.17, 15) is 9.59 Å². The standard InChI is InChI=1S/C21H23NO6/c1-25-15-6-8-16(9-7-15)26-13-11-21(24)28-14-20(23)22-18-10-12-27-19-5-3-2-4-17(18)19/h2-9,18H,10-14H2,1H3,(H,22,23). The van der Waals surface area contributed by atoms with E-state index in [0.717, 1.165) is 17.1 Å². The minimum atomic E-state index is -0.490. The first kappa shape index (κ1) is 19.5. The molecule has 1 aliphatic rings. The van der Waals surface area contributed by atoms with Gasteiger partial charge in [-0.2, -0.15) is 0 Å². The predicted octanol–water partition coefficient (Wildman–Crippen LogP) is 2.65. The van der Waals surface area contributed by atoms with Crippen LogP contribution < -0.4 is 19.5 Å². The molecule has 28 heavy (non-hydrogen) atoms. The molecule has 0 bridgehead atoms. The maximum atomic E-state index is 12.1. The summed E-state index contributed by atoms with van der Waals surface area (Å²) in [5.74, 6) is 1.29. The van der Waals surface area contributed by atoms with E-state index in [1.54, 1.807) is 31.4 Å². The van der Waals surface area contributed by atoms with Crippen LogP contribution in [0.15, 0.2) is 48.5 Å². The van der Waals surface area contributed by atoms with Crippen molar-refractivity contribution in [2.45, 2.75) is 18.9 Å². The summed E-state index contributed by atoms with van der Waals surface area (Å²) in [5, 5.41) is 2.88. The Morgan fingerprint density at radius 3 is 2.64 bits per heavy atom. The Hall–Kier alpha value is -3.22. The quantitative estimate of drug-likeness (QED) is 0.704. The highest BCUT2D eigenvalue weighted by molar-refractivity contribution is 5.81. The summed E-state index contributed by atoms with van der Waals surface area (Å²) in [6, 6.07) is 14.5. The van der Waals surface area contributed by atoms with Crippen molar-refractivity contribution < 1.29 is 28.5 Å². The van der Waals surface area contributed by atoms with Crippen molar-refractivity contribution in [2.75, 3.05) is 26.9 Å². The third-order valence-electron chi connectivity index (χ3n) is 4.29. The smallest absolute Gasteiger partial charge is 0.309 e. The molecule has 2 aromatic rings. The lowest BCUT2D eigenvalue weighted by Gasteiger charge is -2.26. The molecule has 2 aromatic carbocycles. The minimum Gasteiger partial charge on any atom is -0.497 e. The fourth-order valence-electron chi connectivity index (χ4n) is 2.87. The number of amides is 1. The molecule has 148 valence electrons. The second-order valence-corrected chi connectivity index (χ2v) is 6.23. The highest BCUT2D eigenvalue weighted by Crippen LogP contribution is 2.31. The molecule has 0 spiro atoms. The van der Waals surface area contributed by atoms with E-state index in [1.165, 1.54) is 0 Å². The van der Waals surface area contributed by atoms with Gasteiger partial charge in [0.2, 0.25) is 0 Å². The first-order chi connectivity index (χ1) is 13.7. The number of ether oxygens (including phenoxy) is 4. The van der Waals surface area contributed by atoms with Crippen LogP contribution in [0.4, 0.5) is 0 Å². The fourth-order valence-corrected chi connectivity index (χ4v) is 2.87. The predicted molar refractivity (Wildman–Crippen MR) is 102 cm³/mol. The van der Waals surface area contributed by atoms with Gasteiger partial charge in [0.1, 0.15) is 17.2 Å². The van der Waals surface area contributed by atoms with E-state index in [2.05, 4.69) is 5.32 Å². The number of benzene rings is 2. The number of hydrogen-bond donors (Lipinski definition) is 1. The summed E-state index contributed by atoms with van der Waals surface area (Å²) < 4.78 is 21.1. The zero-order chi connectivity index (χ0) is 19.8. The summed E-state index contributed by atoms with van der Waals surface area (Å²) in [7, 11) is 1.59. The van der Waals surface area contributed by atoms with Gasteiger partial charge in [0.25, 0.3) is 5.91 Å². The van der Waals surface area contributed by atoms with Crippen molar-refractivity contribution in [2.24, 2.45) is 0 Å². The Balaban J connectivity index is 1.37. The van der Waals surface area contributed by atoms with E-state index in [4.69, 9.17) is 18.9 Å². The number of methoxy groups -OCH3 is 1.